The molecule has 8 nitrogen and oxygen atoms in total. The molecule has 1 heterocycles. The Morgan fingerprint density at radius 3 is 2.36 bits per heavy atom. The fourth-order valence-electron chi connectivity index (χ4n) is 2.63. The minimum atomic E-state index is -0.515. The molecule has 28 heavy (non-hydrogen) atoms. The number of non-ortho nitro benzene ring substituents is 1. The molecule has 0 fully saturated rings. The van der Waals surface area contributed by atoms with Crippen LogP contribution in [0.5, 0.6) is 0 Å². The van der Waals surface area contributed by atoms with Gasteiger partial charge in [-0.1, -0.05) is 12.1 Å². The van der Waals surface area contributed by atoms with Gasteiger partial charge in [-0.25, -0.2) is 0 Å². The molecular weight excluding hydrogens is 362 g/mol. The first-order chi connectivity index (χ1) is 13.4. The van der Waals surface area contributed by atoms with E-state index >= 15 is 0 Å². The molecule has 3 rings (SSSR count). The van der Waals surface area contributed by atoms with Gasteiger partial charge in [-0.05, 0) is 42.8 Å². The van der Waals surface area contributed by atoms with E-state index in [9.17, 15) is 25.5 Å². The summed E-state index contributed by atoms with van der Waals surface area (Å²) in [6.45, 7) is 1.65. The molecule has 0 aliphatic heterocycles. The van der Waals surface area contributed by atoms with Gasteiger partial charge in [-0.3, -0.25) is 20.2 Å². The van der Waals surface area contributed by atoms with Gasteiger partial charge in [0.25, 0.3) is 11.4 Å². The highest BCUT2D eigenvalue weighted by Crippen LogP contribution is 2.29. The van der Waals surface area contributed by atoms with Crippen LogP contribution in [0.2, 0.25) is 0 Å². The predicted octanol–water partition coefficient (Wildman–Crippen LogP) is 5.14. The molecule has 0 radical (unpaired) electrons. The summed E-state index contributed by atoms with van der Waals surface area (Å²) in [5.74, 6) is 0.809. The summed E-state index contributed by atoms with van der Waals surface area (Å²) in [6.07, 6.45) is 1.51. The molecule has 1 aromatic heterocycles. The molecule has 8 heteroatoms. The zero-order valence-electron chi connectivity index (χ0n) is 14.7. The van der Waals surface area contributed by atoms with Crippen molar-refractivity contribution in [3.05, 3.63) is 91.7 Å². The molecule has 0 bridgehead atoms. The van der Waals surface area contributed by atoms with Gasteiger partial charge in [0.2, 0.25) is 0 Å². The summed E-state index contributed by atoms with van der Waals surface area (Å²) in [6, 6.07) is 15.7. The predicted molar refractivity (Wildman–Crippen MR) is 102 cm³/mol. The number of nitro groups is 2. The van der Waals surface area contributed by atoms with E-state index in [1.54, 1.807) is 31.2 Å². The molecule has 0 saturated carbocycles. The van der Waals surface area contributed by atoms with E-state index < -0.39 is 9.85 Å². The Labute approximate surface area is 159 Å². The van der Waals surface area contributed by atoms with Gasteiger partial charge in [-0.15, -0.1) is 0 Å². The van der Waals surface area contributed by atoms with Crippen molar-refractivity contribution >= 4 is 23.0 Å². The summed E-state index contributed by atoms with van der Waals surface area (Å²) in [7, 11) is 0. The van der Waals surface area contributed by atoms with Crippen molar-refractivity contribution in [3.8, 4) is 17.4 Å². The summed E-state index contributed by atoms with van der Waals surface area (Å²) in [5.41, 5.74) is 1.80. The number of allylic oxidation sites excluding steroid dienone is 1. The smallest absolute Gasteiger partial charge is 0.273 e. The average molecular weight is 375 g/mol. The summed E-state index contributed by atoms with van der Waals surface area (Å²) in [5, 5.41) is 31.2. The van der Waals surface area contributed by atoms with Crippen molar-refractivity contribution in [3.63, 3.8) is 0 Å². The number of nitriles is 1. The Bertz CT molecular complexity index is 1140. The van der Waals surface area contributed by atoms with Gasteiger partial charge < -0.3 is 4.42 Å². The fraction of sp³-hybridized carbons (Fsp3) is 0.0500. The zero-order chi connectivity index (χ0) is 20.3. The monoisotopic (exact) mass is 375 g/mol. The minimum Gasteiger partial charge on any atom is -0.457 e. The Hall–Kier alpha value is -4.25. The maximum absolute atomic E-state index is 11.1. The molecule has 2 aromatic carbocycles. The highest BCUT2D eigenvalue weighted by atomic mass is 16.6. The Morgan fingerprint density at radius 2 is 1.75 bits per heavy atom. The molecule has 0 saturated heterocycles. The lowest BCUT2D eigenvalue weighted by Crippen LogP contribution is -1.91. The Morgan fingerprint density at radius 1 is 1.04 bits per heavy atom. The SMILES string of the molecule is Cc1ccc(-c2ccc(/C=C(/C#N)c3ccc([N+](=O)[O-])cc3)o2)cc1[N+](=O)[O-]. The molecule has 3 aromatic rings. The second-order valence-corrected chi connectivity index (χ2v) is 5.93. The van der Waals surface area contributed by atoms with Crippen LogP contribution in [0.1, 0.15) is 16.9 Å². The standard InChI is InChI=1S/C20H13N3O5/c1-13-2-3-15(11-19(13)23(26)27)20-9-8-18(28-20)10-16(12-21)14-4-6-17(7-5-14)22(24)25/h2-11H,1H3/b16-10-. The first-order valence-electron chi connectivity index (χ1n) is 8.11. The lowest BCUT2D eigenvalue weighted by Gasteiger charge is -2.01. The van der Waals surface area contributed by atoms with Crippen molar-refractivity contribution < 1.29 is 14.3 Å². The van der Waals surface area contributed by atoms with Crippen LogP contribution in [0.25, 0.3) is 23.0 Å². The van der Waals surface area contributed by atoms with E-state index in [-0.39, 0.29) is 16.9 Å². The normalized spacial score (nSPS) is 11.1. The number of hydrogen-bond donors (Lipinski definition) is 0. The van der Waals surface area contributed by atoms with Crippen molar-refractivity contribution in [2.24, 2.45) is 0 Å². The third-order valence-electron chi connectivity index (χ3n) is 4.11. The second-order valence-electron chi connectivity index (χ2n) is 5.93. The van der Waals surface area contributed by atoms with E-state index in [1.165, 1.54) is 36.4 Å². The maximum Gasteiger partial charge on any atom is 0.273 e. The number of nitrogens with zero attached hydrogens (tertiary/aromatic N) is 3. The lowest BCUT2D eigenvalue weighted by atomic mass is 10.1. The molecule has 0 amide bonds. The quantitative estimate of drug-likeness (QED) is 0.346. The van der Waals surface area contributed by atoms with Crippen molar-refractivity contribution in [1.82, 2.24) is 0 Å². The van der Waals surface area contributed by atoms with Crippen molar-refractivity contribution in [2.45, 2.75) is 6.92 Å². The molecule has 0 unspecified atom stereocenters. The van der Waals surface area contributed by atoms with Crippen LogP contribution in [0.3, 0.4) is 0 Å². The van der Waals surface area contributed by atoms with Gasteiger partial charge in [0.15, 0.2) is 0 Å². The van der Waals surface area contributed by atoms with Gasteiger partial charge in [0.05, 0.1) is 21.5 Å². The largest absolute Gasteiger partial charge is 0.457 e. The van der Waals surface area contributed by atoms with E-state index in [0.29, 0.717) is 28.2 Å². The highest BCUT2D eigenvalue weighted by molar-refractivity contribution is 5.89. The fourth-order valence-corrected chi connectivity index (χ4v) is 2.63. The number of hydrogen-bond acceptors (Lipinski definition) is 6. The molecule has 0 N–H and O–H groups in total. The molecule has 0 spiro atoms. The van der Waals surface area contributed by atoms with E-state index in [0.717, 1.165) is 0 Å². The summed E-state index contributed by atoms with van der Waals surface area (Å²) < 4.78 is 5.70. The average Bonchev–Trinajstić information content (AvgIpc) is 3.15. The van der Waals surface area contributed by atoms with Crippen LogP contribution in [0, 0.1) is 38.5 Å². The van der Waals surface area contributed by atoms with Gasteiger partial charge in [0, 0.05) is 29.3 Å². The van der Waals surface area contributed by atoms with Gasteiger partial charge in [-0.2, -0.15) is 5.26 Å². The topological polar surface area (TPSA) is 123 Å². The Kier molecular flexibility index (Phi) is 5.00. The van der Waals surface area contributed by atoms with E-state index in [4.69, 9.17) is 4.42 Å². The van der Waals surface area contributed by atoms with Crippen molar-refractivity contribution in [1.29, 1.82) is 5.26 Å². The molecule has 0 aliphatic rings. The zero-order valence-corrected chi connectivity index (χ0v) is 14.7. The second kappa shape index (κ2) is 7.55. The summed E-state index contributed by atoms with van der Waals surface area (Å²) in [4.78, 5) is 20.9. The molecule has 0 atom stereocenters. The van der Waals surface area contributed by atoms with Gasteiger partial charge >= 0.3 is 0 Å². The third kappa shape index (κ3) is 3.78. The highest BCUT2D eigenvalue weighted by Gasteiger charge is 2.14. The van der Waals surface area contributed by atoms with E-state index in [2.05, 4.69) is 0 Å². The molecular formula is C20H13N3O5. The van der Waals surface area contributed by atoms with E-state index in [1.807, 2.05) is 6.07 Å². The number of rotatable bonds is 5. The number of aryl methyl sites for hydroxylation is 1. The maximum atomic E-state index is 11.1. The summed E-state index contributed by atoms with van der Waals surface area (Å²) >= 11 is 0. The molecule has 138 valence electrons. The van der Waals surface area contributed by atoms with Gasteiger partial charge in [0.1, 0.15) is 11.5 Å². The minimum absolute atomic E-state index is 0.00501. The van der Waals surface area contributed by atoms with Crippen LogP contribution in [-0.2, 0) is 0 Å². The lowest BCUT2D eigenvalue weighted by molar-refractivity contribution is -0.385. The molecule has 0 aliphatic carbocycles. The number of benzene rings is 2. The van der Waals surface area contributed by atoms with Crippen LogP contribution in [0.15, 0.2) is 59.0 Å². The van der Waals surface area contributed by atoms with Crippen LogP contribution >= 0.6 is 0 Å². The third-order valence-corrected chi connectivity index (χ3v) is 4.11. The first-order valence-corrected chi connectivity index (χ1v) is 8.11. The van der Waals surface area contributed by atoms with Crippen LogP contribution < -0.4 is 0 Å². The Balaban J connectivity index is 1.92. The number of nitro benzene ring substituents is 2. The van der Waals surface area contributed by atoms with Crippen molar-refractivity contribution in [2.75, 3.05) is 0 Å². The number of furan rings is 1. The van der Waals surface area contributed by atoms with Crippen LogP contribution in [-0.4, -0.2) is 9.85 Å². The first kappa shape index (κ1) is 18.5. The van der Waals surface area contributed by atoms with Crippen LogP contribution in [0.4, 0.5) is 11.4 Å².